The average Bonchev–Trinajstić information content (AvgIpc) is 2.89. The van der Waals surface area contributed by atoms with Gasteiger partial charge in [-0.05, 0) is 23.6 Å². The molecule has 1 aliphatic rings. The molecule has 0 saturated heterocycles. The summed E-state index contributed by atoms with van der Waals surface area (Å²) in [5, 5.41) is 10.3. The van der Waals surface area contributed by atoms with Crippen molar-refractivity contribution in [3.63, 3.8) is 0 Å². The molecule has 1 unspecified atom stereocenters. The predicted octanol–water partition coefficient (Wildman–Crippen LogP) is 1.17. The molecule has 3 rings (SSSR count). The van der Waals surface area contributed by atoms with Crippen molar-refractivity contribution in [2.24, 2.45) is 7.05 Å². The van der Waals surface area contributed by atoms with Crippen LogP contribution < -0.4 is 10.6 Å². The number of aromatic nitrogens is 2. The summed E-state index contributed by atoms with van der Waals surface area (Å²) in [6, 6.07) is 10.0. The van der Waals surface area contributed by atoms with E-state index in [1.165, 1.54) is 11.1 Å². The van der Waals surface area contributed by atoms with Crippen molar-refractivity contribution in [1.82, 2.24) is 20.4 Å². The fraction of sp³-hybridized carbons (Fsp3) is 0.333. The van der Waals surface area contributed by atoms with E-state index in [1.807, 2.05) is 25.2 Å². The van der Waals surface area contributed by atoms with Crippen molar-refractivity contribution in [2.45, 2.75) is 25.6 Å². The first-order chi connectivity index (χ1) is 9.74. The largest absolute Gasteiger partial charge is 0.349 e. The van der Waals surface area contributed by atoms with E-state index < -0.39 is 0 Å². The number of carbonyl (C=O) groups excluding carboxylic acids is 1. The van der Waals surface area contributed by atoms with Crippen molar-refractivity contribution >= 4 is 18.3 Å². The maximum atomic E-state index is 12.2. The molecule has 5 nitrogen and oxygen atoms in total. The zero-order chi connectivity index (χ0) is 13.9. The Labute approximate surface area is 130 Å². The number of fused-ring (bicyclic) bond motifs is 1. The predicted molar refractivity (Wildman–Crippen MR) is 83.1 cm³/mol. The van der Waals surface area contributed by atoms with Crippen molar-refractivity contribution in [1.29, 1.82) is 0 Å². The second-order valence-corrected chi connectivity index (χ2v) is 5.07. The first-order valence-corrected chi connectivity index (χ1v) is 6.79. The molecular weight excluding hydrogens is 288 g/mol. The number of hydrogen-bond acceptors (Lipinski definition) is 3. The second-order valence-electron chi connectivity index (χ2n) is 5.07. The molecule has 0 saturated carbocycles. The van der Waals surface area contributed by atoms with Gasteiger partial charge in [0.05, 0.1) is 18.3 Å². The number of nitrogens with zero attached hydrogens (tertiary/aromatic N) is 2. The third-order valence-electron chi connectivity index (χ3n) is 3.76. The molecular formula is C15H19ClN4O. The summed E-state index contributed by atoms with van der Waals surface area (Å²) < 4.78 is 1.77. The highest BCUT2D eigenvalue weighted by Crippen LogP contribution is 2.16. The van der Waals surface area contributed by atoms with Crippen LogP contribution >= 0.6 is 12.4 Å². The molecule has 0 fully saturated rings. The zero-order valence-corrected chi connectivity index (χ0v) is 12.7. The zero-order valence-electron chi connectivity index (χ0n) is 11.9. The Hall–Kier alpha value is -1.85. The summed E-state index contributed by atoms with van der Waals surface area (Å²) >= 11 is 0. The van der Waals surface area contributed by atoms with Gasteiger partial charge in [0.25, 0.3) is 0 Å². The van der Waals surface area contributed by atoms with Crippen LogP contribution in [0.3, 0.4) is 0 Å². The smallest absolute Gasteiger partial charge is 0.237 e. The van der Waals surface area contributed by atoms with Gasteiger partial charge in [-0.2, -0.15) is 5.10 Å². The Morgan fingerprint density at radius 2 is 2.14 bits per heavy atom. The highest BCUT2D eigenvalue weighted by molar-refractivity contribution is 5.85. The maximum Gasteiger partial charge on any atom is 0.237 e. The topological polar surface area (TPSA) is 59.0 Å². The third-order valence-corrected chi connectivity index (χ3v) is 3.76. The van der Waals surface area contributed by atoms with Gasteiger partial charge in [0, 0.05) is 19.8 Å². The van der Waals surface area contributed by atoms with Gasteiger partial charge in [-0.1, -0.05) is 24.3 Å². The Kier molecular flexibility index (Phi) is 4.98. The van der Waals surface area contributed by atoms with Crippen LogP contribution in [0.5, 0.6) is 0 Å². The third kappa shape index (κ3) is 3.43. The van der Waals surface area contributed by atoms with E-state index in [2.05, 4.69) is 27.9 Å². The van der Waals surface area contributed by atoms with Gasteiger partial charge in [0.2, 0.25) is 5.91 Å². The molecule has 1 aliphatic heterocycles. The molecule has 1 amide bonds. The lowest BCUT2D eigenvalue weighted by molar-refractivity contribution is -0.123. The fourth-order valence-electron chi connectivity index (χ4n) is 2.52. The van der Waals surface area contributed by atoms with Crippen LogP contribution in [0.4, 0.5) is 0 Å². The fourth-order valence-corrected chi connectivity index (χ4v) is 2.52. The summed E-state index contributed by atoms with van der Waals surface area (Å²) in [5.41, 5.74) is 3.53. The average molecular weight is 307 g/mol. The van der Waals surface area contributed by atoms with Crippen LogP contribution in [0.1, 0.15) is 16.8 Å². The van der Waals surface area contributed by atoms with E-state index in [9.17, 15) is 4.79 Å². The summed E-state index contributed by atoms with van der Waals surface area (Å²) in [6.45, 7) is 1.26. The summed E-state index contributed by atoms with van der Waals surface area (Å²) in [4.78, 5) is 12.2. The summed E-state index contributed by atoms with van der Waals surface area (Å²) in [5.74, 6) is 0.0423. The first-order valence-electron chi connectivity index (χ1n) is 6.79. The number of amides is 1. The number of hydrogen-bond donors (Lipinski definition) is 2. The first kappa shape index (κ1) is 15.5. The minimum atomic E-state index is -0.155. The number of nitrogens with one attached hydrogen (secondary N) is 2. The van der Waals surface area contributed by atoms with E-state index in [1.54, 1.807) is 10.9 Å². The van der Waals surface area contributed by atoms with E-state index >= 15 is 0 Å². The molecule has 2 aromatic rings. The van der Waals surface area contributed by atoms with Crippen LogP contribution in [0.25, 0.3) is 0 Å². The Morgan fingerprint density at radius 1 is 1.38 bits per heavy atom. The highest BCUT2D eigenvalue weighted by Gasteiger charge is 2.23. The molecule has 1 aromatic heterocycles. The van der Waals surface area contributed by atoms with Gasteiger partial charge in [0.1, 0.15) is 0 Å². The molecule has 112 valence electrons. The summed E-state index contributed by atoms with van der Waals surface area (Å²) in [6.07, 6.45) is 2.48. The lowest BCUT2D eigenvalue weighted by Gasteiger charge is -2.25. The lowest BCUT2D eigenvalue weighted by Crippen LogP contribution is -2.47. The van der Waals surface area contributed by atoms with Crippen LogP contribution in [0.15, 0.2) is 36.5 Å². The van der Waals surface area contributed by atoms with E-state index in [4.69, 9.17) is 0 Å². The maximum absolute atomic E-state index is 12.2. The van der Waals surface area contributed by atoms with Crippen LogP contribution in [0, 0.1) is 0 Å². The number of carbonyl (C=O) groups is 1. The minimum absolute atomic E-state index is 0. The Bertz CT molecular complexity index is 626. The van der Waals surface area contributed by atoms with E-state index in [0.717, 1.165) is 18.7 Å². The Morgan fingerprint density at radius 3 is 2.86 bits per heavy atom. The van der Waals surface area contributed by atoms with E-state index in [-0.39, 0.29) is 24.4 Å². The molecule has 21 heavy (non-hydrogen) atoms. The van der Waals surface area contributed by atoms with Gasteiger partial charge in [-0.15, -0.1) is 12.4 Å². The molecule has 0 aliphatic carbocycles. The monoisotopic (exact) mass is 306 g/mol. The van der Waals surface area contributed by atoms with Crippen LogP contribution in [0.2, 0.25) is 0 Å². The van der Waals surface area contributed by atoms with Gasteiger partial charge in [0.15, 0.2) is 0 Å². The normalized spacial score (nSPS) is 16.7. The second kappa shape index (κ2) is 6.74. The summed E-state index contributed by atoms with van der Waals surface area (Å²) in [7, 11) is 1.87. The van der Waals surface area contributed by atoms with Crippen molar-refractivity contribution in [2.75, 3.05) is 0 Å². The SMILES string of the molecule is Cl.Cn1nccc1CNC(=O)C1Cc2ccccc2CN1. The van der Waals surface area contributed by atoms with Crippen molar-refractivity contribution < 1.29 is 4.79 Å². The molecule has 1 aromatic carbocycles. The number of aryl methyl sites for hydroxylation is 1. The molecule has 0 bridgehead atoms. The van der Waals surface area contributed by atoms with Crippen LogP contribution in [-0.2, 0) is 31.4 Å². The van der Waals surface area contributed by atoms with Gasteiger partial charge in [-0.3, -0.25) is 9.48 Å². The number of rotatable bonds is 3. The molecule has 6 heteroatoms. The molecule has 0 spiro atoms. The van der Waals surface area contributed by atoms with Crippen molar-refractivity contribution in [3.8, 4) is 0 Å². The van der Waals surface area contributed by atoms with Gasteiger partial charge < -0.3 is 10.6 Å². The quantitative estimate of drug-likeness (QED) is 0.895. The minimum Gasteiger partial charge on any atom is -0.349 e. The number of halogens is 1. The van der Waals surface area contributed by atoms with Crippen LogP contribution in [-0.4, -0.2) is 21.7 Å². The lowest BCUT2D eigenvalue weighted by atomic mass is 9.95. The molecule has 0 radical (unpaired) electrons. The van der Waals surface area contributed by atoms with Crippen molar-refractivity contribution in [3.05, 3.63) is 53.3 Å². The molecule has 2 heterocycles. The molecule has 1 atom stereocenters. The van der Waals surface area contributed by atoms with Gasteiger partial charge in [-0.25, -0.2) is 0 Å². The van der Waals surface area contributed by atoms with Gasteiger partial charge >= 0.3 is 0 Å². The van der Waals surface area contributed by atoms with E-state index in [0.29, 0.717) is 6.54 Å². The molecule has 2 N–H and O–H groups in total. The Balaban J connectivity index is 0.00000161. The highest BCUT2D eigenvalue weighted by atomic mass is 35.5. The standard InChI is InChI=1S/C15H18N4O.ClH/c1-19-13(6-7-18-19)10-17-15(20)14-8-11-4-2-3-5-12(11)9-16-14;/h2-7,14,16H,8-10H2,1H3,(H,17,20);1H. The number of benzene rings is 1.